The minimum absolute atomic E-state index is 0.174. The number of hydrogen-bond donors (Lipinski definition) is 2. The number of aliphatic imine (C=N–C) groups is 1. The lowest BCUT2D eigenvalue weighted by molar-refractivity contribution is 0.210. The first-order valence-electron chi connectivity index (χ1n) is 9.47. The van der Waals surface area contributed by atoms with Crippen molar-refractivity contribution in [2.24, 2.45) is 16.3 Å². The molecule has 0 amide bonds. The Morgan fingerprint density at radius 1 is 1.33 bits per heavy atom. The van der Waals surface area contributed by atoms with E-state index in [1.165, 1.54) is 19.3 Å². The smallest absolute Gasteiger partial charge is 0.191 e. The van der Waals surface area contributed by atoms with Gasteiger partial charge in [-0.05, 0) is 50.4 Å². The summed E-state index contributed by atoms with van der Waals surface area (Å²) in [5, 5.41) is 7.09. The van der Waals surface area contributed by atoms with Gasteiger partial charge in [-0.3, -0.25) is 4.99 Å². The van der Waals surface area contributed by atoms with Crippen LogP contribution in [0.4, 0.5) is 0 Å². The summed E-state index contributed by atoms with van der Waals surface area (Å²) in [6, 6.07) is 0.816. The number of hydrogen-bond acceptors (Lipinski definition) is 3. The molecule has 3 unspecified atom stereocenters. The molecule has 2 rings (SSSR count). The van der Waals surface area contributed by atoms with Crippen LogP contribution in [0.5, 0.6) is 0 Å². The van der Waals surface area contributed by atoms with Crippen LogP contribution in [0.15, 0.2) is 4.99 Å². The van der Waals surface area contributed by atoms with Gasteiger partial charge in [-0.1, -0.05) is 27.2 Å². The highest BCUT2D eigenvalue weighted by Gasteiger charge is 2.29. The fourth-order valence-electron chi connectivity index (χ4n) is 3.72. The van der Waals surface area contributed by atoms with Gasteiger partial charge in [-0.15, -0.1) is 0 Å². The Hall–Kier alpha value is -0.780. The Morgan fingerprint density at radius 3 is 2.67 bits per heavy atom. The minimum atomic E-state index is -2.82. The predicted molar refractivity (Wildman–Crippen MR) is 101 cm³/mol. The van der Waals surface area contributed by atoms with Gasteiger partial charge in [0, 0.05) is 18.6 Å². The van der Waals surface area contributed by atoms with Gasteiger partial charge in [0.15, 0.2) is 15.8 Å². The lowest BCUT2D eigenvalue weighted by atomic mass is 9.75. The zero-order valence-corrected chi connectivity index (χ0v) is 16.6. The van der Waals surface area contributed by atoms with Gasteiger partial charge in [-0.25, -0.2) is 8.42 Å². The molecular formula is C18H35N3O2S. The lowest BCUT2D eigenvalue weighted by Crippen LogP contribution is -2.49. The number of nitrogens with one attached hydrogen (secondary N) is 2. The van der Waals surface area contributed by atoms with Crippen molar-refractivity contribution in [2.75, 3.05) is 18.1 Å². The van der Waals surface area contributed by atoms with Crippen molar-refractivity contribution in [1.82, 2.24) is 10.6 Å². The normalized spacial score (nSPS) is 30.8. The molecule has 140 valence electrons. The highest BCUT2D eigenvalue weighted by atomic mass is 32.2. The van der Waals surface area contributed by atoms with E-state index in [0.29, 0.717) is 35.5 Å². The van der Waals surface area contributed by atoms with Crippen LogP contribution in [0.25, 0.3) is 0 Å². The maximum absolute atomic E-state index is 11.6. The molecule has 6 heteroatoms. The van der Waals surface area contributed by atoms with Crippen molar-refractivity contribution < 1.29 is 8.42 Å². The van der Waals surface area contributed by atoms with Crippen molar-refractivity contribution in [3.8, 4) is 0 Å². The summed E-state index contributed by atoms with van der Waals surface area (Å²) in [5.74, 6) is 1.65. The molecule has 2 aliphatic rings. The molecule has 0 bridgehead atoms. The standard InChI is InChI=1S/C18H35N3O2S/c1-5-14(2)20-17(19-12-15-8-10-24(22,23)13-15)21-16-7-6-9-18(3,4)11-16/h14-16H,5-13H2,1-4H3,(H2,19,20,21). The molecule has 2 fully saturated rings. The fourth-order valence-corrected chi connectivity index (χ4v) is 5.57. The highest BCUT2D eigenvalue weighted by molar-refractivity contribution is 7.91. The van der Waals surface area contributed by atoms with Gasteiger partial charge in [0.25, 0.3) is 0 Å². The number of nitrogens with zero attached hydrogens (tertiary/aromatic N) is 1. The van der Waals surface area contributed by atoms with Crippen LogP contribution >= 0.6 is 0 Å². The van der Waals surface area contributed by atoms with E-state index in [9.17, 15) is 8.42 Å². The molecule has 1 saturated heterocycles. The molecule has 24 heavy (non-hydrogen) atoms. The number of guanidine groups is 1. The van der Waals surface area contributed by atoms with Crippen LogP contribution in [0.1, 0.15) is 66.2 Å². The van der Waals surface area contributed by atoms with E-state index in [4.69, 9.17) is 4.99 Å². The Bertz CT molecular complexity index is 542. The SMILES string of the molecule is CCC(C)NC(=NCC1CCS(=O)(=O)C1)NC1CCCC(C)(C)C1. The first kappa shape index (κ1) is 19.5. The molecule has 1 aliphatic heterocycles. The monoisotopic (exact) mass is 357 g/mol. The molecular weight excluding hydrogens is 322 g/mol. The van der Waals surface area contributed by atoms with Gasteiger partial charge >= 0.3 is 0 Å². The molecule has 3 atom stereocenters. The van der Waals surface area contributed by atoms with E-state index >= 15 is 0 Å². The largest absolute Gasteiger partial charge is 0.354 e. The molecule has 0 aromatic rings. The second kappa shape index (κ2) is 8.07. The number of sulfone groups is 1. The average molecular weight is 358 g/mol. The molecule has 0 aromatic carbocycles. The van der Waals surface area contributed by atoms with E-state index in [0.717, 1.165) is 25.2 Å². The molecule has 0 aromatic heterocycles. The molecule has 0 spiro atoms. The van der Waals surface area contributed by atoms with Crippen LogP contribution < -0.4 is 10.6 Å². The van der Waals surface area contributed by atoms with Crippen LogP contribution in [-0.2, 0) is 9.84 Å². The molecule has 5 nitrogen and oxygen atoms in total. The average Bonchev–Trinajstić information content (AvgIpc) is 2.83. The predicted octanol–water partition coefficient (Wildman–Crippen LogP) is 2.72. The summed E-state index contributed by atoms with van der Waals surface area (Å²) in [5.41, 5.74) is 0.386. The zero-order chi connectivity index (χ0) is 17.8. The lowest BCUT2D eigenvalue weighted by Gasteiger charge is -2.36. The molecule has 0 radical (unpaired) electrons. The maximum atomic E-state index is 11.6. The van der Waals surface area contributed by atoms with Gasteiger partial charge in [0.05, 0.1) is 11.5 Å². The van der Waals surface area contributed by atoms with E-state index < -0.39 is 9.84 Å². The summed E-state index contributed by atoms with van der Waals surface area (Å²) >= 11 is 0. The van der Waals surface area contributed by atoms with Crippen molar-refractivity contribution in [3.05, 3.63) is 0 Å². The third-order valence-corrected chi connectivity index (χ3v) is 7.21. The van der Waals surface area contributed by atoms with E-state index in [2.05, 4.69) is 38.3 Å². The molecule has 1 saturated carbocycles. The first-order valence-corrected chi connectivity index (χ1v) is 11.3. The summed E-state index contributed by atoms with van der Waals surface area (Å²) in [6.07, 6.45) is 6.67. The minimum Gasteiger partial charge on any atom is -0.354 e. The van der Waals surface area contributed by atoms with E-state index in [1.54, 1.807) is 0 Å². The summed E-state index contributed by atoms with van der Waals surface area (Å²) in [6.45, 7) is 9.58. The molecule has 1 heterocycles. The summed E-state index contributed by atoms with van der Waals surface area (Å²) in [4.78, 5) is 4.73. The Balaban J connectivity index is 1.97. The van der Waals surface area contributed by atoms with Gasteiger partial charge < -0.3 is 10.6 Å². The highest BCUT2D eigenvalue weighted by Crippen LogP contribution is 2.35. The maximum Gasteiger partial charge on any atom is 0.191 e. The second-order valence-electron chi connectivity index (χ2n) is 8.51. The first-order chi connectivity index (χ1) is 11.2. The van der Waals surface area contributed by atoms with E-state index in [1.807, 2.05) is 0 Å². The summed E-state index contributed by atoms with van der Waals surface area (Å²) in [7, 11) is -2.82. The third-order valence-electron chi connectivity index (χ3n) is 5.38. The van der Waals surface area contributed by atoms with Crippen LogP contribution in [0.2, 0.25) is 0 Å². The van der Waals surface area contributed by atoms with E-state index in [-0.39, 0.29) is 5.92 Å². The van der Waals surface area contributed by atoms with Crippen LogP contribution in [0, 0.1) is 11.3 Å². The van der Waals surface area contributed by atoms with Gasteiger partial charge in [0.2, 0.25) is 0 Å². The second-order valence-corrected chi connectivity index (χ2v) is 10.7. The van der Waals surface area contributed by atoms with Crippen molar-refractivity contribution in [3.63, 3.8) is 0 Å². The molecule has 1 aliphatic carbocycles. The Kier molecular flexibility index (Phi) is 6.57. The number of rotatable bonds is 5. The fraction of sp³-hybridized carbons (Fsp3) is 0.944. The van der Waals surface area contributed by atoms with Crippen molar-refractivity contribution >= 4 is 15.8 Å². The quantitative estimate of drug-likeness (QED) is 0.586. The summed E-state index contributed by atoms with van der Waals surface area (Å²) < 4.78 is 23.2. The molecule has 2 N–H and O–H groups in total. The topological polar surface area (TPSA) is 70.6 Å². The van der Waals surface area contributed by atoms with Gasteiger partial charge in [-0.2, -0.15) is 0 Å². The van der Waals surface area contributed by atoms with Crippen LogP contribution in [-0.4, -0.2) is 44.5 Å². The van der Waals surface area contributed by atoms with Crippen molar-refractivity contribution in [2.45, 2.75) is 78.3 Å². The third kappa shape index (κ3) is 6.26. The Labute approximate surface area is 148 Å². The zero-order valence-electron chi connectivity index (χ0n) is 15.8. The Morgan fingerprint density at radius 2 is 2.08 bits per heavy atom. The van der Waals surface area contributed by atoms with Crippen molar-refractivity contribution in [1.29, 1.82) is 0 Å². The van der Waals surface area contributed by atoms with Crippen LogP contribution in [0.3, 0.4) is 0 Å². The van der Waals surface area contributed by atoms with Gasteiger partial charge in [0.1, 0.15) is 0 Å².